The first kappa shape index (κ1) is 20.2. The van der Waals surface area contributed by atoms with Crippen LogP contribution < -0.4 is 10.2 Å². The highest BCUT2D eigenvalue weighted by molar-refractivity contribution is 6.01. The number of benzene rings is 1. The summed E-state index contributed by atoms with van der Waals surface area (Å²) in [6, 6.07) is 4.27. The number of amides is 2. The number of anilines is 1. The summed E-state index contributed by atoms with van der Waals surface area (Å²) < 4.78 is 19.8. The number of nitrogens with one attached hydrogen (secondary N) is 1. The van der Waals surface area contributed by atoms with Crippen molar-refractivity contribution >= 4 is 17.7 Å². The molecule has 0 bridgehead atoms. The van der Waals surface area contributed by atoms with E-state index < -0.39 is 23.6 Å². The second-order valence-corrected chi connectivity index (χ2v) is 7.83. The first-order chi connectivity index (χ1) is 12.0. The molecule has 144 valence electrons. The number of halogens is 1. The van der Waals surface area contributed by atoms with Crippen molar-refractivity contribution in [1.82, 2.24) is 10.2 Å². The molecule has 6 nitrogen and oxygen atoms in total. The number of hydrogen-bond acceptors (Lipinski definition) is 4. The van der Waals surface area contributed by atoms with E-state index in [4.69, 9.17) is 4.74 Å². The third-order valence-electron chi connectivity index (χ3n) is 4.42. The van der Waals surface area contributed by atoms with Crippen LogP contribution in [0.25, 0.3) is 0 Å². The van der Waals surface area contributed by atoms with E-state index in [0.29, 0.717) is 13.0 Å². The average molecular weight is 365 g/mol. The van der Waals surface area contributed by atoms with Crippen LogP contribution in [-0.4, -0.2) is 49.2 Å². The van der Waals surface area contributed by atoms with Gasteiger partial charge in [0.1, 0.15) is 17.5 Å². The number of rotatable bonds is 4. The quantitative estimate of drug-likeness (QED) is 0.891. The number of nitrogens with zero attached hydrogens (tertiary/aromatic N) is 2. The molecule has 1 fully saturated rings. The molecule has 2 unspecified atom stereocenters. The van der Waals surface area contributed by atoms with Gasteiger partial charge in [-0.15, -0.1) is 0 Å². The molecule has 26 heavy (non-hydrogen) atoms. The normalized spacial score (nSPS) is 19.0. The molecule has 2 amide bonds. The van der Waals surface area contributed by atoms with Crippen molar-refractivity contribution < 1.29 is 18.7 Å². The van der Waals surface area contributed by atoms with E-state index in [0.717, 1.165) is 5.56 Å². The lowest BCUT2D eigenvalue weighted by atomic mass is 10.1. The highest BCUT2D eigenvalue weighted by atomic mass is 19.1. The standard InChI is InChI=1S/C19H28FN3O3/c1-12(22(5)6)13-7-8-16(14(20)11-13)23-10-9-15(17(23)24)21-18(25)26-19(2,3)4/h7-8,11-12,15H,9-10H2,1-6H3,(H,21,25). The Balaban J connectivity index is 2.09. The second kappa shape index (κ2) is 7.61. The van der Waals surface area contributed by atoms with Crippen molar-refractivity contribution in [2.24, 2.45) is 0 Å². The summed E-state index contributed by atoms with van der Waals surface area (Å²) in [6.07, 6.45) is -0.235. The minimum Gasteiger partial charge on any atom is -0.444 e. The van der Waals surface area contributed by atoms with E-state index in [1.165, 1.54) is 11.0 Å². The molecule has 1 N–H and O–H groups in total. The van der Waals surface area contributed by atoms with Crippen molar-refractivity contribution in [2.75, 3.05) is 25.5 Å². The van der Waals surface area contributed by atoms with E-state index in [-0.39, 0.29) is 17.6 Å². The van der Waals surface area contributed by atoms with E-state index in [9.17, 15) is 14.0 Å². The SMILES string of the molecule is CC(c1ccc(N2CCC(NC(=O)OC(C)(C)C)C2=O)c(F)c1)N(C)C. The van der Waals surface area contributed by atoms with Crippen molar-refractivity contribution in [1.29, 1.82) is 0 Å². The lowest BCUT2D eigenvalue weighted by molar-refractivity contribution is -0.118. The van der Waals surface area contributed by atoms with Gasteiger partial charge in [0.25, 0.3) is 0 Å². The van der Waals surface area contributed by atoms with Gasteiger partial charge in [-0.3, -0.25) is 4.79 Å². The van der Waals surface area contributed by atoms with Crippen LogP contribution in [0.1, 0.15) is 45.7 Å². The zero-order valence-corrected chi connectivity index (χ0v) is 16.3. The molecule has 0 radical (unpaired) electrons. The molecule has 2 atom stereocenters. The van der Waals surface area contributed by atoms with Gasteiger partial charge < -0.3 is 19.9 Å². The van der Waals surface area contributed by atoms with Gasteiger partial charge in [0, 0.05) is 12.6 Å². The fourth-order valence-electron chi connectivity index (χ4n) is 2.80. The second-order valence-electron chi connectivity index (χ2n) is 7.83. The van der Waals surface area contributed by atoms with Crippen LogP contribution in [0.3, 0.4) is 0 Å². The monoisotopic (exact) mass is 365 g/mol. The van der Waals surface area contributed by atoms with Crippen LogP contribution in [0.15, 0.2) is 18.2 Å². The lowest BCUT2D eigenvalue weighted by Crippen LogP contribution is -2.43. The Morgan fingerprint density at radius 1 is 1.38 bits per heavy atom. The molecular formula is C19H28FN3O3. The molecule has 0 saturated carbocycles. The highest BCUT2D eigenvalue weighted by Crippen LogP contribution is 2.28. The number of carbonyl (C=O) groups is 2. The van der Waals surface area contributed by atoms with E-state index >= 15 is 0 Å². The number of hydrogen-bond donors (Lipinski definition) is 1. The van der Waals surface area contributed by atoms with Gasteiger partial charge in [0.15, 0.2) is 0 Å². The first-order valence-corrected chi connectivity index (χ1v) is 8.76. The predicted octanol–water partition coefficient (Wildman–Crippen LogP) is 3.08. The maximum absolute atomic E-state index is 14.6. The Morgan fingerprint density at radius 3 is 2.58 bits per heavy atom. The van der Waals surface area contributed by atoms with Crippen LogP contribution in [0.4, 0.5) is 14.9 Å². The van der Waals surface area contributed by atoms with Gasteiger partial charge in [0.05, 0.1) is 5.69 Å². The smallest absolute Gasteiger partial charge is 0.408 e. The summed E-state index contributed by atoms with van der Waals surface area (Å²) >= 11 is 0. The number of alkyl carbamates (subject to hydrolysis) is 1. The molecule has 0 aliphatic carbocycles. The van der Waals surface area contributed by atoms with Crippen LogP contribution in [-0.2, 0) is 9.53 Å². The van der Waals surface area contributed by atoms with Crippen molar-refractivity contribution in [2.45, 2.75) is 51.8 Å². The molecule has 1 aliphatic heterocycles. The van der Waals surface area contributed by atoms with Gasteiger partial charge in [-0.05, 0) is 65.9 Å². The van der Waals surface area contributed by atoms with E-state index in [1.54, 1.807) is 26.8 Å². The van der Waals surface area contributed by atoms with Crippen molar-refractivity contribution in [3.8, 4) is 0 Å². The summed E-state index contributed by atoms with van der Waals surface area (Å²) in [6.45, 7) is 7.58. The third-order valence-corrected chi connectivity index (χ3v) is 4.42. The first-order valence-electron chi connectivity index (χ1n) is 8.76. The fourth-order valence-corrected chi connectivity index (χ4v) is 2.80. The lowest BCUT2D eigenvalue weighted by Gasteiger charge is -2.23. The van der Waals surface area contributed by atoms with Crippen LogP contribution >= 0.6 is 0 Å². The summed E-state index contributed by atoms with van der Waals surface area (Å²) in [7, 11) is 3.85. The Kier molecular flexibility index (Phi) is 5.91. The zero-order valence-electron chi connectivity index (χ0n) is 16.3. The Labute approximate surface area is 154 Å². The van der Waals surface area contributed by atoms with Gasteiger partial charge in [-0.1, -0.05) is 6.07 Å². The minimum atomic E-state index is -0.704. The van der Waals surface area contributed by atoms with Gasteiger partial charge in [-0.2, -0.15) is 0 Å². The van der Waals surface area contributed by atoms with E-state index in [1.807, 2.05) is 32.0 Å². The summed E-state index contributed by atoms with van der Waals surface area (Å²) in [4.78, 5) is 27.8. The number of carbonyl (C=O) groups excluding carboxylic acids is 2. The van der Waals surface area contributed by atoms with Crippen LogP contribution in [0.2, 0.25) is 0 Å². The largest absolute Gasteiger partial charge is 0.444 e. The molecule has 7 heteroatoms. The molecular weight excluding hydrogens is 337 g/mol. The molecule has 1 aromatic rings. The third kappa shape index (κ3) is 4.72. The molecule has 1 saturated heterocycles. The molecule has 0 spiro atoms. The Hall–Kier alpha value is -2.15. The van der Waals surface area contributed by atoms with Gasteiger partial charge in [0.2, 0.25) is 5.91 Å². The summed E-state index contributed by atoms with van der Waals surface area (Å²) in [5.41, 5.74) is 0.431. The van der Waals surface area contributed by atoms with E-state index in [2.05, 4.69) is 5.32 Å². The maximum Gasteiger partial charge on any atom is 0.408 e. The Bertz CT molecular complexity index is 685. The molecule has 2 rings (SSSR count). The molecule has 1 aliphatic rings. The zero-order chi connectivity index (χ0) is 19.6. The highest BCUT2D eigenvalue weighted by Gasteiger charge is 2.35. The van der Waals surface area contributed by atoms with Crippen molar-refractivity contribution in [3.05, 3.63) is 29.6 Å². The minimum absolute atomic E-state index is 0.0643. The average Bonchev–Trinajstić information content (AvgIpc) is 2.85. The predicted molar refractivity (Wildman–Crippen MR) is 98.6 cm³/mol. The van der Waals surface area contributed by atoms with Crippen molar-refractivity contribution in [3.63, 3.8) is 0 Å². The maximum atomic E-state index is 14.6. The molecule has 0 aromatic heterocycles. The topological polar surface area (TPSA) is 61.9 Å². The van der Waals surface area contributed by atoms with Gasteiger partial charge >= 0.3 is 6.09 Å². The molecule has 1 heterocycles. The summed E-state index contributed by atoms with van der Waals surface area (Å²) in [5, 5.41) is 2.57. The van der Waals surface area contributed by atoms with Crippen LogP contribution in [0.5, 0.6) is 0 Å². The number of ether oxygens (including phenoxy) is 1. The fraction of sp³-hybridized carbons (Fsp3) is 0.579. The summed E-state index contributed by atoms with van der Waals surface area (Å²) in [5.74, 6) is -0.773. The molecule has 1 aromatic carbocycles. The van der Waals surface area contributed by atoms with Gasteiger partial charge in [-0.25, -0.2) is 9.18 Å². The van der Waals surface area contributed by atoms with Crippen LogP contribution in [0, 0.1) is 5.82 Å². The Morgan fingerprint density at radius 2 is 2.04 bits per heavy atom.